The van der Waals surface area contributed by atoms with Crippen LogP contribution < -0.4 is 10.6 Å². The number of carbonyl (C=O) groups excluding carboxylic acids is 2. The number of benzene rings is 1. The van der Waals surface area contributed by atoms with Crippen molar-refractivity contribution in [2.75, 3.05) is 23.8 Å². The van der Waals surface area contributed by atoms with Crippen molar-refractivity contribution in [2.45, 2.75) is 38.9 Å². The molecule has 0 aliphatic carbocycles. The van der Waals surface area contributed by atoms with E-state index in [1.165, 1.54) is 0 Å². The van der Waals surface area contributed by atoms with E-state index >= 15 is 0 Å². The fraction of sp³-hybridized carbons (Fsp3) is 0.381. The van der Waals surface area contributed by atoms with Crippen LogP contribution in [0.15, 0.2) is 43.5 Å². The largest absolute Gasteiger partial charge is 0.368 e. The molecule has 1 aromatic carbocycles. The van der Waals surface area contributed by atoms with Gasteiger partial charge in [0.15, 0.2) is 5.82 Å². The van der Waals surface area contributed by atoms with Gasteiger partial charge in [-0.15, -0.1) is 13.2 Å². The average molecular weight is 400 g/mol. The molecule has 0 aliphatic heterocycles. The zero-order valence-electron chi connectivity index (χ0n) is 16.9. The number of nitrogens with zero attached hydrogens (tertiary/aromatic N) is 1. The predicted molar refractivity (Wildman–Crippen MR) is 114 cm³/mol. The zero-order valence-corrected chi connectivity index (χ0v) is 16.9. The van der Waals surface area contributed by atoms with Gasteiger partial charge in [0, 0.05) is 11.1 Å². The average Bonchev–Trinajstić information content (AvgIpc) is 3.10. The van der Waals surface area contributed by atoms with Crippen LogP contribution in [0.2, 0.25) is 0 Å². The number of hydrogen-bond donors (Lipinski definition) is 3. The van der Waals surface area contributed by atoms with Crippen LogP contribution in [0.5, 0.6) is 0 Å². The third-order valence-corrected chi connectivity index (χ3v) is 4.19. The van der Waals surface area contributed by atoms with Gasteiger partial charge >= 0.3 is 0 Å². The summed E-state index contributed by atoms with van der Waals surface area (Å²) in [6, 6.07) is 5.27. The van der Waals surface area contributed by atoms with Gasteiger partial charge in [-0.05, 0) is 44.9 Å². The van der Waals surface area contributed by atoms with Crippen LogP contribution in [-0.2, 0) is 19.1 Å². The summed E-state index contributed by atoms with van der Waals surface area (Å²) in [5, 5.41) is 13.2. The van der Waals surface area contributed by atoms with Crippen molar-refractivity contribution in [3.05, 3.63) is 43.5 Å². The molecule has 0 bridgehead atoms. The van der Waals surface area contributed by atoms with Crippen molar-refractivity contribution in [3.63, 3.8) is 0 Å². The Bertz CT molecular complexity index is 861. The molecule has 1 heterocycles. The van der Waals surface area contributed by atoms with Crippen molar-refractivity contribution in [1.82, 2.24) is 10.2 Å². The number of aromatic nitrogens is 2. The number of amides is 2. The van der Waals surface area contributed by atoms with Gasteiger partial charge in [0.05, 0.1) is 18.7 Å². The van der Waals surface area contributed by atoms with Crippen molar-refractivity contribution >= 4 is 34.2 Å². The van der Waals surface area contributed by atoms with Crippen LogP contribution in [0, 0.1) is 0 Å². The minimum atomic E-state index is -0.627. The fourth-order valence-corrected chi connectivity index (χ4v) is 2.46. The Morgan fingerprint density at radius 3 is 2.24 bits per heavy atom. The van der Waals surface area contributed by atoms with Gasteiger partial charge in [0.2, 0.25) is 0 Å². The highest BCUT2D eigenvalue weighted by Crippen LogP contribution is 2.24. The topological polar surface area (TPSA) is 105 Å². The Labute approximate surface area is 170 Å². The fourth-order valence-electron chi connectivity index (χ4n) is 2.46. The minimum absolute atomic E-state index is 0.258. The van der Waals surface area contributed by atoms with Gasteiger partial charge in [-0.2, -0.15) is 5.10 Å². The SMILES string of the molecule is C=CCCOC(C)C(=O)Nc1ccc2[nH]nc(NC(=O)C(C)OCCC=C)c2c1. The Balaban J connectivity index is 2.03. The third-order valence-electron chi connectivity index (χ3n) is 4.19. The number of hydrogen-bond acceptors (Lipinski definition) is 5. The summed E-state index contributed by atoms with van der Waals surface area (Å²) in [7, 11) is 0. The summed E-state index contributed by atoms with van der Waals surface area (Å²) in [5.41, 5.74) is 1.31. The smallest absolute Gasteiger partial charge is 0.254 e. The molecule has 2 rings (SSSR count). The molecule has 2 atom stereocenters. The Morgan fingerprint density at radius 1 is 1.07 bits per heavy atom. The molecular weight excluding hydrogens is 372 g/mol. The molecule has 0 spiro atoms. The highest BCUT2D eigenvalue weighted by molar-refractivity contribution is 6.03. The van der Waals surface area contributed by atoms with Crippen molar-refractivity contribution < 1.29 is 19.1 Å². The van der Waals surface area contributed by atoms with Gasteiger partial charge in [-0.3, -0.25) is 14.7 Å². The van der Waals surface area contributed by atoms with E-state index in [-0.39, 0.29) is 11.8 Å². The highest BCUT2D eigenvalue weighted by atomic mass is 16.5. The molecular formula is C21H28N4O4. The molecule has 1 aromatic heterocycles. The van der Waals surface area contributed by atoms with Crippen LogP contribution in [-0.4, -0.2) is 47.4 Å². The van der Waals surface area contributed by atoms with Crippen LogP contribution in [0.25, 0.3) is 10.9 Å². The number of aromatic amines is 1. The first-order valence-electron chi connectivity index (χ1n) is 9.51. The number of H-pyrrole nitrogens is 1. The van der Waals surface area contributed by atoms with Crippen LogP contribution >= 0.6 is 0 Å². The lowest BCUT2D eigenvalue weighted by molar-refractivity contribution is -0.126. The maximum atomic E-state index is 12.3. The summed E-state index contributed by atoms with van der Waals surface area (Å²) >= 11 is 0. The summed E-state index contributed by atoms with van der Waals surface area (Å²) in [5.74, 6) is -0.191. The number of fused-ring (bicyclic) bond motifs is 1. The third kappa shape index (κ3) is 6.55. The maximum absolute atomic E-state index is 12.3. The number of ether oxygens (including phenoxy) is 2. The number of nitrogens with one attached hydrogen (secondary N) is 3. The molecule has 8 heteroatoms. The van der Waals surface area contributed by atoms with Crippen molar-refractivity contribution in [1.29, 1.82) is 0 Å². The first kappa shape index (κ1) is 22.3. The Morgan fingerprint density at radius 2 is 1.66 bits per heavy atom. The molecule has 2 aromatic rings. The minimum Gasteiger partial charge on any atom is -0.368 e. The van der Waals surface area contributed by atoms with E-state index in [0.717, 1.165) is 5.52 Å². The zero-order chi connectivity index (χ0) is 21.2. The number of carbonyl (C=O) groups is 2. The van der Waals surface area contributed by atoms with E-state index < -0.39 is 12.2 Å². The van der Waals surface area contributed by atoms with E-state index in [1.807, 2.05) is 0 Å². The first-order valence-corrected chi connectivity index (χ1v) is 9.51. The summed E-state index contributed by atoms with van der Waals surface area (Å²) in [6.07, 6.45) is 3.59. The maximum Gasteiger partial charge on any atom is 0.254 e. The molecule has 3 N–H and O–H groups in total. The molecule has 0 fully saturated rings. The van der Waals surface area contributed by atoms with E-state index in [0.29, 0.717) is 42.9 Å². The van der Waals surface area contributed by atoms with Crippen molar-refractivity contribution in [3.8, 4) is 0 Å². The standard InChI is InChI=1S/C21H28N4O4/c1-5-7-11-28-14(3)20(26)22-16-9-10-18-17(13-16)19(25-24-18)23-21(27)15(4)29-12-8-6-2/h5-6,9-10,13-15H,1-2,7-8,11-12H2,3-4H3,(H,22,26)(H2,23,24,25,27). The molecule has 0 saturated heterocycles. The molecule has 0 saturated carbocycles. The monoisotopic (exact) mass is 400 g/mol. The van der Waals surface area contributed by atoms with Crippen molar-refractivity contribution in [2.24, 2.45) is 0 Å². The van der Waals surface area contributed by atoms with Gasteiger partial charge in [0.25, 0.3) is 11.8 Å². The Hall–Kier alpha value is -2.97. The molecule has 156 valence electrons. The molecule has 0 radical (unpaired) electrons. The Kier molecular flexibility index (Phi) is 8.57. The second-order valence-corrected chi connectivity index (χ2v) is 6.49. The van der Waals surface area contributed by atoms with E-state index in [1.54, 1.807) is 44.2 Å². The van der Waals surface area contributed by atoms with E-state index in [4.69, 9.17) is 9.47 Å². The van der Waals surface area contributed by atoms with Gasteiger partial charge in [-0.1, -0.05) is 12.2 Å². The quantitative estimate of drug-likeness (QED) is 0.374. The summed E-state index contributed by atoms with van der Waals surface area (Å²) < 4.78 is 10.9. The first-order chi connectivity index (χ1) is 14.0. The molecule has 8 nitrogen and oxygen atoms in total. The molecule has 29 heavy (non-hydrogen) atoms. The van der Waals surface area contributed by atoms with Crippen LogP contribution in [0.3, 0.4) is 0 Å². The molecule has 2 unspecified atom stereocenters. The summed E-state index contributed by atoms with van der Waals surface area (Å²) in [6.45, 7) is 11.5. The van der Waals surface area contributed by atoms with Gasteiger partial charge in [-0.25, -0.2) is 0 Å². The van der Waals surface area contributed by atoms with Crippen LogP contribution in [0.4, 0.5) is 11.5 Å². The summed E-state index contributed by atoms with van der Waals surface area (Å²) in [4.78, 5) is 24.6. The van der Waals surface area contributed by atoms with E-state index in [2.05, 4.69) is 34.0 Å². The predicted octanol–water partition coefficient (Wildman–Crippen LogP) is 3.40. The van der Waals surface area contributed by atoms with Gasteiger partial charge in [0.1, 0.15) is 12.2 Å². The lowest BCUT2D eigenvalue weighted by Gasteiger charge is -2.13. The lowest BCUT2D eigenvalue weighted by atomic mass is 10.2. The van der Waals surface area contributed by atoms with E-state index in [9.17, 15) is 9.59 Å². The van der Waals surface area contributed by atoms with Crippen LogP contribution in [0.1, 0.15) is 26.7 Å². The second kappa shape index (κ2) is 11.1. The lowest BCUT2D eigenvalue weighted by Crippen LogP contribution is -2.28. The molecule has 0 aliphatic rings. The number of rotatable bonds is 12. The normalized spacial score (nSPS) is 12.9. The van der Waals surface area contributed by atoms with Gasteiger partial charge < -0.3 is 20.1 Å². The molecule has 2 amide bonds. The number of anilines is 2. The second-order valence-electron chi connectivity index (χ2n) is 6.49. The highest BCUT2D eigenvalue weighted by Gasteiger charge is 2.17.